The molecule has 0 aromatic carbocycles. The van der Waals surface area contributed by atoms with Gasteiger partial charge < -0.3 is 5.73 Å². The van der Waals surface area contributed by atoms with Crippen LogP contribution in [0.2, 0.25) is 0 Å². The summed E-state index contributed by atoms with van der Waals surface area (Å²) in [5.74, 6) is 0.00477. The first kappa shape index (κ1) is 10.4. The number of aliphatic imine (C=N–C) groups is 1. The predicted molar refractivity (Wildman–Crippen MR) is 49.3 cm³/mol. The van der Waals surface area contributed by atoms with Gasteiger partial charge in [-0.2, -0.15) is 5.26 Å². The summed E-state index contributed by atoms with van der Waals surface area (Å²) in [4.78, 5) is 3.73. The lowest BCUT2D eigenvalue weighted by Crippen LogP contribution is -2.13. The molecular weight excluding hydrogens is 152 g/mol. The summed E-state index contributed by atoms with van der Waals surface area (Å²) in [6.07, 6.45) is 4.11. The predicted octanol–water partition coefficient (Wildman–Crippen LogP) is 0.853. The van der Waals surface area contributed by atoms with Crippen molar-refractivity contribution >= 4 is 12.1 Å². The van der Waals surface area contributed by atoms with E-state index in [9.17, 15) is 0 Å². The second kappa shape index (κ2) is 6.10. The van der Waals surface area contributed by atoms with Crippen LogP contribution >= 0.6 is 0 Å². The van der Waals surface area contributed by atoms with E-state index in [1.54, 1.807) is 19.3 Å². The summed E-state index contributed by atoms with van der Waals surface area (Å²) < 4.78 is 0. The zero-order valence-corrected chi connectivity index (χ0v) is 7.04. The zero-order valence-electron chi connectivity index (χ0n) is 7.04. The first-order valence-corrected chi connectivity index (χ1v) is 3.55. The monoisotopic (exact) mass is 164 g/mol. The molecule has 0 rings (SSSR count). The van der Waals surface area contributed by atoms with Crippen molar-refractivity contribution in [2.24, 2.45) is 10.7 Å². The van der Waals surface area contributed by atoms with Crippen molar-refractivity contribution < 1.29 is 0 Å². The van der Waals surface area contributed by atoms with E-state index in [1.807, 2.05) is 6.07 Å². The molecule has 4 heteroatoms. The lowest BCUT2D eigenvalue weighted by Gasteiger charge is -1.99. The Morgan fingerprint density at radius 2 is 2.42 bits per heavy atom. The summed E-state index contributed by atoms with van der Waals surface area (Å²) in [5, 5.41) is 15.4. The standard InChI is InChI=1S/C8H12N4/c1-12-6-4-7(8(10)11)3-2-5-9/h4,6H,2-3H2,1H3,(H3,10,11)/b7-4+,12-6-. The van der Waals surface area contributed by atoms with Crippen molar-refractivity contribution in [2.75, 3.05) is 7.05 Å². The van der Waals surface area contributed by atoms with Crippen molar-refractivity contribution in [2.45, 2.75) is 12.8 Å². The van der Waals surface area contributed by atoms with Crippen LogP contribution in [0.4, 0.5) is 0 Å². The molecule has 0 heterocycles. The minimum Gasteiger partial charge on any atom is -0.384 e. The van der Waals surface area contributed by atoms with Gasteiger partial charge in [-0.05, 0) is 18.1 Å². The van der Waals surface area contributed by atoms with E-state index in [4.69, 9.17) is 16.4 Å². The minimum absolute atomic E-state index is 0.00477. The molecule has 0 aromatic heterocycles. The summed E-state index contributed by atoms with van der Waals surface area (Å²) in [5.41, 5.74) is 5.92. The number of hydrogen-bond acceptors (Lipinski definition) is 3. The highest BCUT2D eigenvalue weighted by Gasteiger charge is 1.98. The molecule has 0 aromatic rings. The Balaban J connectivity index is 4.25. The smallest absolute Gasteiger partial charge is 0.118 e. The third-order valence-corrected chi connectivity index (χ3v) is 1.28. The van der Waals surface area contributed by atoms with Crippen molar-refractivity contribution in [3.63, 3.8) is 0 Å². The number of nitriles is 1. The third kappa shape index (κ3) is 4.23. The Bertz CT molecular complexity index is 244. The van der Waals surface area contributed by atoms with E-state index in [1.165, 1.54) is 0 Å². The lowest BCUT2D eigenvalue weighted by molar-refractivity contribution is 1.02. The number of rotatable bonds is 4. The molecule has 0 unspecified atom stereocenters. The van der Waals surface area contributed by atoms with Gasteiger partial charge in [-0.3, -0.25) is 10.4 Å². The summed E-state index contributed by atoms with van der Waals surface area (Å²) in [6, 6.07) is 1.99. The normalized spacial score (nSPS) is 11.5. The number of allylic oxidation sites excluding steroid dienone is 1. The molecule has 12 heavy (non-hydrogen) atoms. The molecule has 0 spiro atoms. The Morgan fingerprint density at radius 3 is 2.83 bits per heavy atom. The van der Waals surface area contributed by atoms with Crippen LogP contribution in [0.25, 0.3) is 0 Å². The van der Waals surface area contributed by atoms with E-state index >= 15 is 0 Å². The van der Waals surface area contributed by atoms with Crippen molar-refractivity contribution in [1.29, 1.82) is 10.7 Å². The van der Waals surface area contributed by atoms with E-state index in [0.717, 1.165) is 0 Å². The molecule has 0 amide bonds. The Kier molecular flexibility index (Phi) is 5.28. The van der Waals surface area contributed by atoms with E-state index in [-0.39, 0.29) is 5.84 Å². The molecule has 0 atom stereocenters. The molecule has 0 saturated heterocycles. The molecule has 0 fully saturated rings. The van der Waals surface area contributed by atoms with Crippen LogP contribution in [0.3, 0.4) is 0 Å². The van der Waals surface area contributed by atoms with Crippen molar-refractivity contribution in [3.8, 4) is 6.07 Å². The van der Waals surface area contributed by atoms with E-state index < -0.39 is 0 Å². The molecule has 0 radical (unpaired) electrons. The van der Waals surface area contributed by atoms with Gasteiger partial charge in [-0.15, -0.1) is 0 Å². The second-order valence-corrected chi connectivity index (χ2v) is 2.17. The fourth-order valence-electron chi connectivity index (χ4n) is 0.663. The van der Waals surface area contributed by atoms with Gasteiger partial charge in [0.05, 0.1) is 6.07 Å². The van der Waals surface area contributed by atoms with Crippen LogP contribution in [0.15, 0.2) is 16.6 Å². The minimum atomic E-state index is 0.00477. The summed E-state index contributed by atoms with van der Waals surface area (Å²) in [7, 11) is 1.64. The molecule has 0 saturated carbocycles. The van der Waals surface area contributed by atoms with E-state index in [0.29, 0.717) is 18.4 Å². The van der Waals surface area contributed by atoms with Gasteiger partial charge in [0.25, 0.3) is 0 Å². The largest absolute Gasteiger partial charge is 0.384 e. The van der Waals surface area contributed by atoms with Crippen LogP contribution < -0.4 is 5.73 Å². The Hall–Kier alpha value is -1.63. The molecule has 0 aliphatic rings. The highest BCUT2D eigenvalue weighted by Crippen LogP contribution is 2.02. The van der Waals surface area contributed by atoms with E-state index in [2.05, 4.69) is 4.99 Å². The maximum absolute atomic E-state index is 8.30. The number of nitrogens with one attached hydrogen (secondary N) is 1. The first-order valence-electron chi connectivity index (χ1n) is 3.55. The van der Waals surface area contributed by atoms with Crippen molar-refractivity contribution in [3.05, 3.63) is 11.6 Å². The van der Waals surface area contributed by atoms with Crippen LogP contribution in [-0.4, -0.2) is 19.1 Å². The van der Waals surface area contributed by atoms with Crippen LogP contribution in [0, 0.1) is 16.7 Å². The lowest BCUT2D eigenvalue weighted by atomic mass is 10.1. The fourth-order valence-corrected chi connectivity index (χ4v) is 0.663. The van der Waals surface area contributed by atoms with Gasteiger partial charge >= 0.3 is 0 Å². The molecule has 0 aliphatic carbocycles. The molecule has 0 aliphatic heterocycles. The molecule has 3 N–H and O–H groups in total. The Labute approximate surface area is 71.9 Å². The maximum atomic E-state index is 8.30. The topological polar surface area (TPSA) is 86.0 Å². The van der Waals surface area contributed by atoms with Crippen LogP contribution in [0.5, 0.6) is 0 Å². The van der Waals surface area contributed by atoms with Gasteiger partial charge in [0.15, 0.2) is 0 Å². The molecular formula is C8H12N4. The first-order chi connectivity index (χ1) is 5.72. The Morgan fingerprint density at radius 1 is 1.75 bits per heavy atom. The highest BCUT2D eigenvalue weighted by molar-refractivity contribution is 5.98. The average molecular weight is 164 g/mol. The molecule has 64 valence electrons. The quantitative estimate of drug-likeness (QED) is 0.476. The molecule has 4 nitrogen and oxygen atoms in total. The van der Waals surface area contributed by atoms with Gasteiger partial charge in [0.2, 0.25) is 0 Å². The maximum Gasteiger partial charge on any atom is 0.118 e. The fraction of sp³-hybridized carbons (Fsp3) is 0.375. The third-order valence-electron chi connectivity index (χ3n) is 1.28. The number of nitrogens with two attached hydrogens (primary N) is 1. The zero-order chi connectivity index (χ0) is 9.40. The summed E-state index contributed by atoms with van der Waals surface area (Å²) >= 11 is 0. The van der Waals surface area contributed by atoms with Crippen LogP contribution in [-0.2, 0) is 0 Å². The van der Waals surface area contributed by atoms with Gasteiger partial charge in [-0.1, -0.05) is 0 Å². The van der Waals surface area contributed by atoms with Gasteiger partial charge in [0.1, 0.15) is 5.84 Å². The van der Waals surface area contributed by atoms with Gasteiger partial charge in [0, 0.05) is 19.7 Å². The summed E-state index contributed by atoms with van der Waals surface area (Å²) in [6.45, 7) is 0. The van der Waals surface area contributed by atoms with Crippen molar-refractivity contribution in [1.82, 2.24) is 0 Å². The second-order valence-electron chi connectivity index (χ2n) is 2.17. The highest BCUT2D eigenvalue weighted by atomic mass is 14.7. The number of hydrogen-bond donors (Lipinski definition) is 2. The molecule has 0 bridgehead atoms. The number of amidine groups is 1. The average Bonchev–Trinajstić information content (AvgIpc) is 2.04. The van der Waals surface area contributed by atoms with Crippen LogP contribution in [0.1, 0.15) is 12.8 Å². The van der Waals surface area contributed by atoms with Gasteiger partial charge in [-0.25, -0.2) is 0 Å². The number of nitrogens with zero attached hydrogens (tertiary/aromatic N) is 2. The SMILES string of the molecule is C/N=C\C=C(/CCC#N)C(=N)N.